The Morgan fingerprint density at radius 3 is 2.27 bits per heavy atom. The van der Waals surface area contributed by atoms with Gasteiger partial charge < -0.3 is 5.11 Å². The number of aryl methyl sites for hydroxylation is 1. The SMILES string of the molecule is Cc1ccc(/C=C/S(=O)(=O)N(CCO)c2ccccc2)cc1. The molecule has 4 nitrogen and oxygen atoms in total. The van der Waals surface area contributed by atoms with Gasteiger partial charge in [0.05, 0.1) is 24.2 Å². The number of rotatable bonds is 6. The smallest absolute Gasteiger partial charge is 0.257 e. The van der Waals surface area contributed by atoms with Crippen molar-refractivity contribution in [2.24, 2.45) is 0 Å². The predicted octanol–water partition coefficient (Wildman–Crippen LogP) is 2.79. The van der Waals surface area contributed by atoms with Crippen molar-refractivity contribution in [2.75, 3.05) is 17.5 Å². The number of sulfonamides is 1. The van der Waals surface area contributed by atoms with Gasteiger partial charge in [0.25, 0.3) is 10.0 Å². The van der Waals surface area contributed by atoms with Gasteiger partial charge >= 0.3 is 0 Å². The van der Waals surface area contributed by atoms with Gasteiger partial charge in [-0.2, -0.15) is 0 Å². The zero-order chi connectivity index (χ0) is 16.0. The fraction of sp³-hybridized carbons (Fsp3) is 0.176. The van der Waals surface area contributed by atoms with Crippen LogP contribution in [0.25, 0.3) is 6.08 Å². The molecule has 1 N–H and O–H groups in total. The molecule has 0 spiro atoms. The van der Waals surface area contributed by atoms with Gasteiger partial charge in [-0.1, -0.05) is 48.0 Å². The Bertz CT molecular complexity index is 722. The fourth-order valence-electron chi connectivity index (χ4n) is 2.00. The van der Waals surface area contributed by atoms with Crippen molar-refractivity contribution >= 4 is 21.8 Å². The summed E-state index contributed by atoms with van der Waals surface area (Å²) in [7, 11) is -3.65. The minimum atomic E-state index is -3.65. The standard InChI is InChI=1S/C17H19NO3S/c1-15-7-9-16(10-8-15)11-14-22(20,21)18(12-13-19)17-5-3-2-4-6-17/h2-11,14,19H,12-13H2,1H3/b14-11+. The molecule has 2 aromatic carbocycles. The Balaban J connectivity index is 2.28. The Hall–Kier alpha value is -2.11. The predicted molar refractivity (Wildman–Crippen MR) is 90.0 cm³/mol. The monoisotopic (exact) mass is 317 g/mol. The maximum absolute atomic E-state index is 12.5. The van der Waals surface area contributed by atoms with Crippen molar-refractivity contribution < 1.29 is 13.5 Å². The summed E-state index contributed by atoms with van der Waals surface area (Å²) in [6, 6.07) is 16.3. The molecule has 0 amide bonds. The van der Waals surface area contributed by atoms with E-state index >= 15 is 0 Å². The maximum Gasteiger partial charge on any atom is 0.257 e. The van der Waals surface area contributed by atoms with E-state index in [-0.39, 0.29) is 13.2 Å². The van der Waals surface area contributed by atoms with Crippen molar-refractivity contribution in [3.05, 3.63) is 71.1 Å². The van der Waals surface area contributed by atoms with Crippen LogP contribution in [0.4, 0.5) is 5.69 Å². The fourth-order valence-corrected chi connectivity index (χ4v) is 3.23. The Kier molecular flexibility index (Phi) is 5.35. The van der Waals surface area contributed by atoms with E-state index in [2.05, 4.69) is 0 Å². The van der Waals surface area contributed by atoms with E-state index in [4.69, 9.17) is 5.11 Å². The second kappa shape index (κ2) is 7.24. The highest BCUT2D eigenvalue weighted by Crippen LogP contribution is 2.19. The lowest BCUT2D eigenvalue weighted by Gasteiger charge is -2.21. The highest BCUT2D eigenvalue weighted by atomic mass is 32.2. The summed E-state index contributed by atoms with van der Waals surface area (Å²) in [6.45, 7) is 1.75. The van der Waals surface area contributed by atoms with Gasteiger partial charge in [-0.3, -0.25) is 4.31 Å². The second-order valence-electron chi connectivity index (χ2n) is 4.89. The first-order valence-corrected chi connectivity index (χ1v) is 8.46. The molecule has 5 heteroatoms. The van der Waals surface area contributed by atoms with Gasteiger partial charge in [0, 0.05) is 0 Å². The zero-order valence-corrected chi connectivity index (χ0v) is 13.2. The second-order valence-corrected chi connectivity index (χ2v) is 6.63. The van der Waals surface area contributed by atoms with Crippen LogP contribution < -0.4 is 4.31 Å². The number of hydrogen-bond donors (Lipinski definition) is 1. The molecule has 0 radical (unpaired) electrons. The molecule has 0 unspecified atom stereocenters. The minimum absolute atomic E-state index is 0.0184. The lowest BCUT2D eigenvalue weighted by Crippen LogP contribution is -2.31. The molecule has 0 atom stereocenters. The van der Waals surface area contributed by atoms with Gasteiger partial charge in [0.2, 0.25) is 0 Å². The van der Waals surface area contributed by atoms with Crippen LogP contribution in [-0.2, 0) is 10.0 Å². The van der Waals surface area contributed by atoms with Crippen molar-refractivity contribution in [2.45, 2.75) is 6.92 Å². The molecule has 0 heterocycles. The highest BCUT2D eigenvalue weighted by Gasteiger charge is 2.18. The molecule has 0 aliphatic heterocycles. The topological polar surface area (TPSA) is 57.6 Å². The average molecular weight is 317 g/mol. The summed E-state index contributed by atoms with van der Waals surface area (Å²) in [5.41, 5.74) is 2.46. The number of aliphatic hydroxyl groups excluding tert-OH is 1. The average Bonchev–Trinajstić information content (AvgIpc) is 2.53. The third kappa shape index (κ3) is 4.19. The number of nitrogens with zero attached hydrogens (tertiary/aromatic N) is 1. The van der Waals surface area contributed by atoms with Crippen LogP contribution in [0.3, 0.4) is 0 Å². The van der Waals surface area contributed by atoms with E-state index in [1.54, 1.807) is 30.3 Å². The largest absolute Gasteiger partial charge is 0.394 e. The Labute approximate surface area is 131 Å². The third-order valence-corrected chi connectivity index (χ3v) is 4.65. The molecule has 2 rings (SSSR count). The normalized spacial score (nSPS) is 11.7. The molecule has 0 fully saturated rings. The van der Waals surface area contributed by atoms with Crippen LogP contribution >= 0.6 is 0 Å². The van der Waals surface area contributed by atoms with E-state index in [1.165, 1.54) is 9.71 Å². The number of hydrogen-bond acceptors (Lipinski definition) is 3. The summed E-state index contributed by atoms with van der Waals surface area (Å²) >= 11 is 0. The van der Waals surface area contributed by atoms with E-state index < -0.39 is 10.0 Å². The number of anilines is 1. The molecule has 22 heavy (non-hydrogen) atoms. The van der Waals surface area contributed by atoms with Crippen LogP contribution in [0.5, 0.6) is 0 Å². The molecule has 0 saturated carbocycles. The molecule has 0 aliphatic rings. The lowest BCUT2D eigenvalue weighted by atomic mass is 10.2. The van der Waals surface area contributed by atoms with Crippen molar-refractivity contribution in [3.63, 3.8) is 0 Å². The number of aliphatic hydroxyl groups is 1. The molecule has 0 saturated heterocycles. The highest BCUT2D eigenvalue weighted by molar-refractivity contribution is 7.95. The Morgan fingerprint density at radius 1 is 1.05 bits per heavy atom. The molecule has 2 aromatic rings. The van der Waals surface area contributed by atoms with Gasteiger partial charge in [0.15, 0.2) is 0 Å². The summed E-state index contributed by atoms with van der Waals surface area (Å²) in [4.78, 5) is 0. The van der Waals surface area contributed by atoms with E-state index in [0.717, 1.165) is 11.1 Å². The van der Waals surface area contributed by atoms with Gasteiger partial charge in [0.1, 0.15) is 0 Å². The van der Waals surface area contributed by atoms with Crippen LogP contribution in [0, 0.1) is 6.92 Å². The number of para-hydroxylation sites is 1. The first kappa shape index (κ1) is 16.3. The van der Waals surface area contributed by atoms with Crippen LogP contribution in [0.2, 0.25) is 0 Å². The zero-order valence-electron chi connectivity index (χ0n) is 12.4. The number of benzene rings is 2. The van der Waals surface area contributed by atoms with Crippen LogP contribution in [0.1, 0.15) is 11.1 Å². The summed E-state index contributed by atoms with van der Waals surface area (Å²) in [5.74, 6) is 0. The van der Waals surface area contributed by atoms with E-state index in [0.29, 0.717) is 5.69 Å². The van der Waals surface area contributed by atoms with E-state index in [9.17, 15) is 8.42 Å². The first-order valence-electron chi connectivity index (χ1n) is 6.96. The van der Waals surface area contributed by atoms with Gasteiger partial charge in [-0.15, -0.1) is 0 Å². The van der Waals surface area contributed by atoms with Crippen LogP contribution in [-0.4, -0.2) is 26.7 Å². The first-order chi connectivity index (χ1) is 10.5. The third-order valence-electron chi connectivity index (χ3n) is 3.16. The van der Waals surface area contributed by atoms with Gasteiger partial charge in [-0.05, 0) is 30.7 Å². The molecular weight excluding hydrogens is 298 g/mol. The molecular formula is C17H19NO3S. The molecule has 0 bridgehead atoms. The minimum Gasteiger partial charge on any atom is -0.394 e. The lowest BCUT2D eigenvalue weighted by molar-refractivity contribution is 0.307. The maximum atomic E-state index is 12.5. The van der Waals surface area contributed by atoms with Crippen molar-refractivity contribution in [1.29, 1.82) is 0 Å². The van der Waals surface area contributed by atoms with Crippen molar-refractivity contribution in [3.8, 4) is 0 Å². The molecule has 116 valence electrons. The Morgan fingerprint density at radius 2 is 1.68 bits per heavy atom. The quantitative estimate of drug-likeness (QED) is 0.891. The summed E-state index contributed by atoms with van der Waals surface area (Å²) < 4.78 is 26.2. The van der Waals surface area contributed by atoms with E-state index in [1.807, 2.05) is 37.3 Å². The van der Waals surface area contributed by atoms with Gasteiger partial charge in [-0.25, -0.2) is 8.42 Å². The van der Waals surface area contributed by atoms with Crippen molar-refractivity contribution in [1.82, 2.24) is 0 Å². The molecule has 0 aromatic heterocycles. The summed E-state index contributed by atoms with van der Waals surface area (Å²) in [5, 5.41) is 10.3. The van der Waals surface area contributed by atoms with Crippen LogP contribution in [0.15, 0.2) is 60.0 Å². The summed E-state index contributed by atoms with van der Waals surface area (Å²) in [6.07, 6.45) is 1.56. The molecule has 0 aliphatic carbocycles.